The van der Waals surface area contributed by atoms with Crippen molar-refractivity contribution in [1.29, 1.82) is 0 Å². The third-order valence-corrected chi connectivity index (χ3v) is 4.99. The summed E-state index contributed by atoms with van der Waals surface area (Å²) in [6.07, 6.45) is 2.56. The predicted octanol–water partition coefficient (Wildman–Crippen LogP) is 1.98. The summed E-state index contributed by atoms with van der Waals surface area (Å²) in [6, 6.07) is 7.12. The van der Waals surface area contributed by atoms with Crippen molar-refractivity contribution < 1.29 is 33.8 Å². The smallest absolute Gasteiger partial charge is 0.408 e. The highest BCUT2D eigenvalue weighted by atomic mass is 16.6. The lowest BCUT2D eigenvalue weighted by molar-refractivity contribution is -0.147. The first-order valence-corrected chi connectivity index (χ1v) is 11.8. The largest absolute Gasteiger partial charge is 0.462 e. The number of aliphatic hydroxyl groups is 1. The molecule has 0 radical (unpaired) electrons. The van der Waals surface area contributed by atoms with Crippen LogP contribution in [0.25, 0.3) is 0 Å². The van der Waals surface area contributed by atoms with Gasteiger partial charge in [-0.1, -0.05) is 42.5 Å². The number of hydrogen-bond donors (Lipinski definition) is 4. The van der Waals surface area contributed by atoms with Gasteiger partial charge in [0, 0.05) is 12.5 Å². The van der Waals surface area contributed by atoms with Crippen molar-refractivity contribution in [1.82, 2.24) is 16.0 Å². The van der Waals surface area contributed by atoms with Crippen molar-refractivity contribution in [2.75, 3.05) is 13.2 Å². The lowest BCUT2D eigenvalue weighted by Crippen LogP contribution is -2.45. The number of carbonyl (C=O) groups excluding carboxylic acids is 4. The lowest BCUT2D eigenvalue weighted by atomic mass is 9.99. The molecule has 0 aliphatic carbocycles. The number of hydrogen-bond acceptors (Lipinski definition) is 7. The van der Waals surface area contributed by atoms with Crippen LogP contribution >= 0.6 is 0 Å². The molecule has 0 fully saturated rings. The van der Waals surface area contributed by atoms with Crippen LogP contribution in [0.2, 0.25) is 0 Å². The van der Waals surface area contributed by atoms with E-state index < -0.39 is 42.0 Å². The molecule has 10 heteroatoms. The van der Waals surface area contributed by atoms with Crippen LogP contribution in [0.4, 0.5) is 4.79 Å². The molecule has 1 rings (SSSR count). The predicted molar refractivity (Wildman–Crippen MR) is 135 cm³/mol. The van der Waals surface area contributed by atoms with Gasteiger partial charge in [0.2, 0.25) is 11.8 Å². The summed E-state index contributed by atoms with van der Waals surface area (Å²) in [4.78, 5) is 49.4. The number of benzene rings is 1. The molecule has 1 aromatic rings. The van der Waals surface area contributed by atoms with E-state index >= 15 is 0 Å². The number of rotatable bonds is 16. The van der Waals surface area contributed by atoms with E-state index in [1.165, 1.54) is 6.08 Å². The minimum Gasteiger partial charge on any atom is -0.462 e. The summed E-state index contributed by atoms with van der Waals surface area (Å²) in [5.74, 6) is -2.13. The van der Waals surface area contributed by atoms with E-state index in [0.717, 1.165) is 5.56 Å². The SMILES string of the molecule is C=CC[C@@H](CC(=O)N[C@H](C)CO)C(=O)N[C@@H](C)COC(=O)[C@@H](CC=C)NC(=O)OCc1ccccc1. The second kappa shape index (κ2) is 16.9. The molecule has 3 amide bonds. The fourth-order valence-electron chi connectivity index (χ4n) is 3.09. The second-order valence-corrected chi connectivity index (χ2v) is 8.40. The second-order valence-electron chi connectivity index (χ2n) is 8.40. The molecular formula is C26H37N3O7. The van der Waals surface area contributed by atoms with Gasteiger partial charge in [0.1, 0.15) is 19.3 Å². The van der Waals surface area contributed by atoms with E-state index in [1.54, 1.807) is 32.1 Å². The molecule has 0 aliphatic rings. The molecule has 4 N–H and O–H groups in total. The van der Waals surface area contributed by atoms with E-state index in [2.05, 4.69) is 29.1 Å². The monoisotopic (exact) mass is 503 g/mol. The van der Waals surface area contributed by atoms with Crippen molar-refractivity contribution in [2.24, 2.45) is 5.92 Å². The summed E-state index contributed by atoms with van der Waals surface area (Å²) < 4.78 is 10.4. The molecule has 36 heavy (non-hydrogen) atoms. The van der Waals surface area contributed by atoms with Crippen LogP contribution in [0, 0.1) is 5.92 Å². The number of ether oxygens (including phenoxy) is 2. The Morgan fingerprint density at radius 3 is 2.22 bits per heavy atom. The normalized spacial score (nSPS) is 13.8. The number of esters is 1. The highest BCUT2D eigenvalue weighted by Gasteiger charge is 2.25. The Morgan fingerprint density at radius 2 is 1.61 bits per heavy atom. The Hall–Kier alpha value is -3.66. The van der Waals surface area contributed by atoms with Gasteiger partial charge in [-0.25, -0.2) is 9.59 Å². The molecule has 10 nitrogen and oxygen atoms in total. The van der Waals surface area contributed by atoms with Crippen LogP contribution in [0.15, 0.2) is 55.6 Å². The third-order valence-electron chi connectivity index (χ3n) is 4.99. The maximum Gasteiger partial charge on any atom is 0.408 e. The Labute approximate surface area is 212 Å². The van der Waals surface area contributed by atoms with Gasteiger partial charge in [0.25, 0.3) is 0 Å². The lowest BCUT2D eigenvalue weighted by Gasteiger charge is -2.21. The fourth-order valence-corrected chi connectivity index (χ4v) is 3.09. The van der Waals surface area contributed by atoms with Crippen molar-refractivity contribution in [2.45, 2.75) is 57.8 Å². The van der Waals surface area contributed by atoms with Gasteiger partial charge in [0.15, 0.2) is 0 Å². The number of nitrogens with one attached hydrogen (secondary N) is 3. The zero-order valence-corrected chi connectivity index (χ0v) is 20.9. The van der Waals surface area contributed by atoms with Crippen LogP contribution in [-0.4, -0.2) is 60.3 Å². The number of aliphatic hydroxyl groups excluding tert-OH is 1. The van der Waals surface area contributed by atoms with Crippen LogP contribution in [0.3, 0.4) is 0 Å². The molecule has 0 unspecified atom stereocenters. The van der Waals surface area contributed by atoms with Crippen LogP contribution in [0.1, 0.15) is 38.7 Å². The van der Waals surface area contributed by atoms with Gasteiger partial charge < -0.3 is 30.5 Å². The Morgan fingerprint density at radius 1 is 0.944 bits per heavy atom. The third kappa shape index (κ3) is 12.2. The first-order valence-electron chi connectivity index (χ1n) is 11.8. The van der Waals surface area contributed by atoms with Crippen molar-refractivity contribution in [3.63, 3.8) is 0 Å². The Bertz CT molecular complexity index is 876. The van der Waals surface area contributed by atoms with Crippen LogP contribution < -0.4 is 16.0 Å². The molecule has 0 aliphatic heterocycles. The summed E-state index contributed by atoms with van der Waals surface area (Å²) in [7, 11) is 0. The molecule has 0 saturated heterocycles. The number of allylic oxidation sites excluding steroid dienone is 1. The first-order chi connectivity index (χ1) is 17.2. The van der Waals surface area contributed by atoms with Gasteiger partial charge in [-0.15, -0.1) is 13.2 Å². The average Bonchev–Trinajstić information content (AvgIpc) is 2.85. The Balaban J connectivity index is 2.54. The summed E-state index contributed by atoms with van der Waals surface area (Å²) in [5.41, 5.74) is 0.801. The van der Waals surface area contributed by atoms with E-state index in [1.807, 2.05) is 18.2 Å². The van der Waals surface area contributed by atoms with Crippen molar-refractivity contribution >= 4 is 23.9 Å². The number of carbonyl (C=O) groups is 4. The minimum absolute atomic E-state index is 0.0500. The highest BCUT2D eigenvalue weighted by molar-refractivity contribution is 5.86. The zero-order valence-electron chi connectivity index (χ0n) is 20.9. The standard InChI is InChI=1S/C26H37N3O7/c1-5-10-21(14-23(31)27-18(3)15-30)24(32)28-19(4)16-35-25(33)22(11-6-2)29-26(34)36-17-20-12-8-7-9-13-20/h5-9,12-13,18-19,21-22,30H,1-2,10-11,14-17H2,3-4H3,(H,27,31)(H,28,32)(H,29,34)/t18-,19+,21+,22-/m1/s1. The molecule has 0 bridgehead atoms. The molecule has 0 heterocycles. The van der Waals surface area contributed by atoms with Crippen LogP contribution in [-0.2, 0) is 30.5 Å². The van der Waals surface area contributed by atoms with Crippen molar-refractivity contribution in [3.05, 3.63) is 61.2 Å². The molecule has 0 spiro atoms. The maximum atomic E-state index is 12.6. The topological polar surface area (TPSA) is 143 Å². The molecular weight excluding hydrogens is 466 g/mol. The number of alkyl carbamates (subject to hydrolysis) is 1. The number of amides is 3. The first kappa shape index (κ1) is 30.4. The minimum atomic E-state index is -1.00. The van der Waals surface area contributed by atoms with Gasteiger partial charge in [-0.05, 0) is 32.3 Å². The molecule has 0 aromatic heterocycles. The summed E-state index contributed by atoms with van der Waals surface area (Å²) >= 11 is 0. The van der Waals surface area contributed by atoms with E-state index in [-0.39, 0.29) is 45.0 Å². The molecule has 0 saturated carbocycles. The highest BCUT2D eigenvalue weighted by Crippen LogP contribution is 2.11. The van der Waals surface area contributed by atoms with Crippen molar-refractivity contribution in [3.8, 4) is 0 Å². The Kier molecular flexibility index (Phi) is 14.2. The summed E-state index contributed by atoms with van der Waals surface area (Å²) in [5, 5.41) is 16.8. The van der Waals surface area contributed by atoms with E-state index in [0.29, 0.717) is 0 Å². The van der Waals surface area contributed by atoms with Gasteiger partial charge in [-0.3, -0.25) is 9.59 Å². The van der Waals surface area contributed by atoms with E-state index in [4.69, 9.17) is 14.6 Å². The maximum absolute atomic E-state index is 12.6. The van der Waals surface area contributed by atoms with Gasteiger partial charge >= 0.3 is 12.1 Å². The summed E-state index contributed by atoms with van der Waals surface area (Å²) in [6.45, 7) is 10.2. The molecule has 1 aromatic carbocycles. The molecule has 198 valence electrons. The fraction of sp³-hybridized carbons (Fsp3) is 0.462. The van der Waals surface area contributed by atoms with Crippen LogP contribution in [0.5, 0.6) is 0 Å². The zero-order chi connectivity index (χ0) is 26.9. The van der Waals surface area contributed by atoms with Gasteiger partial charge in [0.05, 0.1) is 18.6 Å². The molecule has 4 atom stereocenters. The van der Waals surface area contributed by atoms with E-state index in [9.17, 15) is 19.2 Å². The quantitative estimate of drug-likeness (QED) is 0.200. The average molecular weight is 504 g/mol. The van der Waals surface area contributed by atoms with Gasteiger partial charge in [-0.2, -0.15) is 0 Å².